The van der Waals surface area contributed by atoms with Crippen molar-refractivity contribution in [2.45, 2.75) is 52.4 Å². The average molecular weight is 490 g/mol. The maximum absolute atomic E-state index is 13.0. The summed E-state index contributed by atoms with van der Waals surface area (Å²) in [4.78, 5) is 30.4. The third-order valence-electron chi connectivity index (χ3n) is 6.15. The number of rotatable bonds is 7. The van der Waals surface area contributed by atoms with Crippen LogP contribution in [0.3, 0.4) is 0 Å². The number of carbonyl (C=O) groups is 2. The second-order valence-corrected chi connectivity index (χ2v) is 9.33. The number of aromatic nitrogens is 1. The van der Waals surface area contributed by atoms with Crippen molar-refractivity contribution in [2.75, 3.05) is 17.3 Å². The molecular formula is C28H31N3O5. The molecule has 0 bridgehead atoms. The molecule has 1 aliphatic heterocycles. The van der Waals surface area contributed by atoms with Crippen molar-refractivity contribution in [1.82, 2.24) is 4.98 Å². The Morgan fingerprint density at radius 1 is 1.11 bits per heavy atom. The monoisotopic (exact) mass is 489 g/mol. The Labute approximate surface area is 210 Å². The van der Waals surface area contributed by atoms with Crippen LogP contribution in [-0.2, 0) is 28.2 Å². The molecule has 8 heteroatoms. The lowest BCUT2D eigenvalue weighted by atomic mass is 9.91. The van der Waals surface area contributed by atoms with E-state index < -0.39 is 5.60 Å². The highest BCUT2D eigenvalue weighted by Crippen LogP contribution is 2.36. The van der Waals surface area contributed by atoms with Gasteiger partial charge in [-0.2, -0.15) is 0 Å². The summed E-state index contributed by atoms with van der Waals surface area (Å²) in [6.45, 7) is 7.39. The maximum atomic E-state index is 13.0. The Bertz CT molecular complexity index is 1270. The number of benzene rings is 2. The van der Waals surface area contributed by atoms with Crippen LogP contribution in [0, 0.1) is 0 Å². The lowest BCUT2D eigenvalue weighted by molar-refractivity contribution is -0.118. The Hall–Kier alpha value is -3.91. The van der Waals surface area contributed by atoms with Crippen LogP contribution in [0.15, 0.2) is 54.7 Å². The average Bonchev–Trinajstić information content (AvgIpc) is 2.83. The van der Waals surface area contributed by atoms with Gasteiger partial charge in [0.1, 0.15) is 5.60 Å². The molecule has 3 aromatic rings. The molecule has 1 atom stereocenters. The molecule has 0 saturated carbocycles. The van der Waals surface area contributed by atoms with Crippen molar-refractivity contribution >= 4 is 23.2 Å². The lowest BCUT2D eigenvalue weighted by Crippen LogP contribution is -2.36. The number of hydrogen-bond acceptors (Lipinski definition) is 6. The van der Waals surface area contributed by atoms with Gasteiger partial charge in [0.2, 0.25) is 11.8 Å². The summed E-state index contributed by atoms with van der Waals surface area (Å²) in [7, 11) is 1.59. The number of amides is 2. The summed E-state index contributed by atoms with van der Waals surface area (Å²) in [6.07, 6.45) is 1.84. The number of methoxy groups -OCH3 is 1. The topological polar surface area (TPSA) is 101 Å². The SMILES string of the molecule is COc1cc2c(cc1OC(C)C)CN(c1ccc(C(C)(O)c3ccc(NC(C)=O)cc3)nc1)C(=O)C2. The summed E-state index contributed by atoms with van der Waals surface area (Å²) in [6, 6.07) is 14.3. The van der Waals surface area contributed by atoms with Crippen LogP contribution in [0.1, 0.15) is 50.1 Å². The minimum Gasteiger partial charge on any atom is -0.493 e. The first-order chi connectivity index (χ1) is 17.1. The van der Waals surface area contributed by atoms with Gasteiger partial charge >= 0.3 is 0 Å². The number of hydrogen-bond donors (Lipinski definition) is 2. The number of pyridine rings is 1. The molecule has 4 rings (SSSR count). The molecule has 2 N–H and O–H groups in total. The van der Waals surface area contributed by atoms with Gasteiger partial charge in [0.05, 0.1) is 43.8 Å². The quantitative estimate of drug-likeness (QED) is 0.516. The van der Waals surface area contributed by atoms with E-state index in [4.69, 9.17) is 9.47 Å². The van der Waals surface area contributed by atoms with Crippen LogP contribution < -0.4 is 19.7 Å². The Morgan fingerprint density at radius 2 is 1.81 bits per heavy atom. The normalized spacial score (nSPS) is 14.8. The highest BCUT2D eigenvalue weighted by atomic mass is 16.5. The van der Waals surface area contributed by atoms with Crippen molar-refractivity contribution in [3.8, 4) is 11.5 Å². The van der Waals surface area contributed by atoms with Gasteiger partial charge < -0.3 is 24.8 Å². The number of fused-ring (bicyclic) bond motifs is 1. The fraction of sp³-hybridized carbons (Fsp3) is 0.321. The molecular weight excluding hydrogens is 458 g/mol. The number of anilines is 2. The molecule has 2 heterocycles. The van der Waals surface area contributed by atoms with Crippen molar-refractivity contribution in [3.63, 3.8) is 0 Å². The molecule has 36 heavy (non-hydrogen) atoms. The minimum absolute atomic E-state index is 0.00980. The Balaban J connectivity index is 1.56. The summed E-state index contributed by atoms with van der Waals surface area (Å²) in [5.74, 6) is 1.05. The van der Waals surface area contributed by atoms with E-state index in [1.807, 2.05) is 26.0 Å². The fourth-order valence-electron chi connectivity index (χ4n) is 4.28. The van der Waals surface area contributed by atoms with Crippen molar-refractivity contribution in [1.29, 1.82) is 0 Å². The molecule has 1 unspecified atom stereocenters. The highest BCUT2D eigenvalue weighted by Gasteiger charge is 2.30. The van der Waals surface area contributed by atoms with E-state index in [0.717, 1.165) is 11.1 Å². The van der Waals surface area contributed by atoms with E-state index in [2.05, 4.69) is 10.3 Å². The molecule has 0 aliphatic carbocycles. The van der Waals surface area contributed by atoms with Crippen LogP contribution in [0.5, 0.6) is 11.5 Å². The number of aliphatic hydroxyl groups is 1. The lowest BCUT2D eigenvalue weighted by Gasteiger charge is -2.30. The molecule has 1 aromatic heterocycles. The summed E-state index contributed by atoms with van der Waals surface area (Å²) in [5, 5.41) is 13.9. The van der Waals surface area contributed by atoms with Gasteiger partial charge in [-0.25, -0.2) is 0 Å². The van der Waals surface area contributed by atoms with Crippen LogP contribution >= 0.6 is 0 Å². The van der Waals surface area contributed by atoms with Crippen molar-refractivity contribution in [2.24, 2.45) is 0 Å². The van der Waals surface area contributed by atoms with E-state index in [1.165, 1.54) is 6.92 Å². The Morgan fingerprint density at radius 3 is 2.39 bits per heavy atom. The Kier molecular flexibility index (Phi) is 6.99. The first kappa shape index (κ1) is 25.2. The zero-order valence-electron chi connectivity index (χ0n) is 21.2. The number of carbonyl (C=O) groups excluding carboxylic acids is 2. The third-order valence-corrected chi connectivity index (χ3v) is 6.15. The second kappa shape index (κ2) is 9.99. The second-order valence-electron chi connectivity index (χ2n) is 9.33. The molecule has 0 saturated heterocycles. The van der Waals surface area contributed by atoms with Gasteiger partial charge in [0, 0.05) is 12.6 Å². The standard InChI is InChI=1S/C28H31N3O5/c1-17(2)36-25-13-20-16-31(27(33)14-19(20)12-24(25)35-5)23-10-11-26(29-15-23)28(4,34)21-6-8-22(9-7-21)30-18(3)32/h6-13,15,17,34H,14,16H2,1-5H3,(H,30,32). The van der Waals surface area contributed by atoms with Gasteiger partial charge in [-0.15, -0.1) is 0 Å². The summed E-state index contributed by atoms with van der Waals surface area (Å²) < 4.78 is 11.4. The maximum Gasteiger partial charge on any atom is 0.231 e. The number of nitrogens with zero attached hydrogens (tertiary/aromatic N) is 2. The molecule has 0 fully saturated rings. The third kappa shape index (κ3) is 5.18. The van der Waals surface area contributed by atoms with E-state index in [-0.39, 0.29) is 24.3 Å². The number of nitrogens with one attached hydrogen (secondary N) is 1. The van der Waals surface area contributed by atoms with Crippen LogP contribution in [0.2, 0.25) is 0 Å². The summed E-state index contributed by atoms with van der Waals surface area (Å²) in [5.41, 5.74) is 2.92. The van der Waals surface area contributed by atoms with Gasteiger partial charge in [0.15, 0.2) is 11.5 Å². The molecule has 0 spiro atoms. The van der Waals surface area contributed by atoms with Gasteiger partial charge in [-0.3, -0.25) is 14.6 Å². The predicted molar refractivity (Wildman–Crippen MR) is 137 cm³/mol. The first-order valence-corrected chi connectivity index (χ1v) is 11.8. The number of ether oxygens (including phenoxy) is 2. The van der Waals surface area contributed by atoms with Crippen LogP contribution in [0.25, 0.3) is 0 Å². The molecule has 2 aromatic carbocycles. The van der Waals surface area contributed by atoms with E-state index in [9.17, 15) is 14.7 Å². The molecule has 8 nitrogen and oxygen atoms in total. The minimum atomic E-state index is -1.36. The van der Waals surface area contributed by atoms with Gasteiger partial charge in [-0.05, 0) is 73.9 Å². The van der Waals surface area contributed by atoms with Crippen LogP contribution in [-0.4, -0.2) is 35.1 Å². The van der Waals surface area contributed by atoms with E-state index in [0.29, 0.717) is 40.7 Å². The zero-order valence-corrected chi connectivity index (χ0v) is 21.2. The first-order valence-electron chi connectivity index (χ1n) is 11.8. The fourth-order valence-corrected chi connectivity index (χ4v) is 4.28. The van der Waals surface area contributed by atoms with Crippen molar-refractivity contribution in [3.05, 3.63) is 77.1 Å². The van der Waals surface area contributed by atoms with Gasteiger partial charge in [0.25, 0.3) is 0 Å². The van der Waals surface area contributed by atoms with Crippen LogP contribution in [0.4, 0.5) is 11.4 Å². The van der Waals surface area contributed by atoms with E-state index in [1.54, 1.807) is 61.5 Å². The molecule has 2 amide bonds. The smallest absolute Gasteiger partial charge is 0.231 e. The molecule has 1 aliphatic rings. The van der Waals surface area contributed by atoms with Gasteiger partial charge in [-0.1, -0.05) is 12.1 Å². The highest BCUT2D eigenvalue weighted by molar-refractivity contribution is 5.96. The molecule has 0 radical (unpaired) electrons. The van der Waals surface area contributed by atoms with E-state index >= 15 is 0 Å². The predicted octanol–water partition coefficient (Wildman–Crippen LogP) is 4.18. The van der Waals surface area contributed by atoms with Crippen molar-refractivity contribution < 1.29 is 24.2 Å². The largest absolute Gasteiger partial charge is 0.493 e. The zero-order chi connectivity index (χ0) is 26.0. The summed E-state index contributed by atoms with van der Waals surface area (Å²) >= 11 is 0. The molecule has 188 valence electrons.